The Kier molecular flexibility index (Phi) is 7.19. The first-order valence-corrected chi connectivity index (χ1v) is 15.5. The fraction of sp³-hybridized carbons (Fsp3) is 0.520. The predicted molar refractivity (Wildman–Crippen MR) is 144 cm³/mol. The fourth-order valence-electron chi connectivity index (χ4n) is 3.77. The van der Waals surface area contributed by atoms with Crippen molar-refractivity contribution in [1.29, 1.82) is 0 Å². The lowest BCUT2D eigenvalue weighted by Gasteiger charge is -2.35. The highest BCUT2D eigenvalue weighted by atomic mass is 32.1. The molecule has 0 amide bonds. The molecule has 0 unspecified atom stereocenters. The number of hydrogen-bond acceptors (Lipinski definition) is 8. The van der Waals surface area contributed by atoms with E-state index >= 15 is 0 Å². The quantitative estimate of drug-likeness (QED) is 0.413. The molecule has 2 aromatic heterocycles. The Bertz CT molecular complexity index is 1150. The van der Waals surface area contributed by atoms with Crippen molar-refractivity contribution in [3.05, 3.63) is 29.4 Å². The summed E-state index contributed by atoms with van der Waals surface area (Å²) in [5.41, 5.74) is 4.16. The fourth-order valence-corrected chi connectivity index (χ4v) is 5.70. The first-order valence-electron chi connectivity index (χ1n) is 11.8. The highest BCUT2D eigenvalue weighted by Gasteiger charge is 2.37. The second-order valence-corrected chi connectivity index (χ2v) is 15.8. The number of ether oxygens (including phenoxy) is 2. The van der Waals surface area contributed by atoms with Gasteiger partial charge in [-0.3, -0.25) is 0 Å². The van der Waals surface area contributed by atoms with Crippen molar-refractivity contribution >= 4 is 41.4 Å². The van der Waals surface area contributed by atoms with Gasteiger partial charge in [0.25, 0.3) is 0 Å². The van der Waals surface area contributed by atoms with Crippen molar-refractivity contribution in [2.75, 3.05) is 50.7 Å². The smallest absolute Gasteiger partial charge is 0.192 e. The molecule has 0 bridgehead atoms. The van der Waals surface area contributed by atoms with Gasteiger partial charge in [0.2, 0.25) is 0 Å². The number of thiophene rings is 1. The van der Waals surface area contributed by atoms with Gasteiger partial charge in [0, 0.05) is 48.4 Å². The lowest BCUT2D eigenvalue weighted by Crippen LogP contribution is -2.40. The molecule has 0 spiro atoms. The molecule has 3 heterocycles. The number of benzene rings is 1. The zero-order valence-corrected chi connectivity index (χ0v) is 23.1. The number of anilines is 2. The highest BCUT2D eigenvalue weighted by molar-refractivity contribution is 7.18. The average molecular weight is 501 g/mol. The number of fused-ring (bicyclic) bond motifs is 1. The van der Waals surface area contributed by atoms with Crippen LogP contribution in [0.1, 0.15) is 26.6 Å². The topological polar surface area (TPSA) is 68.7 Å². The Morgan fingerprint density at radius 3 is 2.53 bits per heavy atom. The van der Waals surface area contributed by atoms with Gasteiger partial charge in [-0.05, 0) is 30.3 Å². The van der Waals surface area contributed by atoms with Crippen molar-refractivity contribution < 1.29 is 13.9 Å². The van der Waals surface area contributed by atoms with Crippen LogP contribution in [-0.2, 0) is 15.8 Å². The Morgan fingerprint density at radius 1 is 1.15 bits per heavy atom. The minimum atomic E-state index is -1.91. The highest BCUT2D eigenvalue weighted by Crippen LogP contribution is 2.42. The van der Waals surface area contributed by atoms with E-state index < -0.39 is 8.32 Å². The van der Waals surface area contributed by atoms with E-state index in [2.05, 4.69) is 67.7 Å². The average Bonchev–Trinajstić information content (AvgIpc) is 3.25. The monoisotopic (exact) mass is 500 g/mol. The van der Waals surface area contributed by atoms with E-state index in [1.165, 1.54) is 0 Å². The number of rotatable bonds is 7. The molecule has 9 heteroatoms. The lowest BCUT2D eigenvalue weighted by atomic mass is 10.1. The Hall–Kier alpha value is -2.20. The summed E-state index contributed by atoms with van der Waals surface area (Å²) < 4.78 is 18.8. The molecule has 7 nitrogen and oxygen atoms in total. The van der Waals surface area contributed by atoms with Crippen LogP contribution in [0.25, 0.3) is 21.3 Å². The van der Waals surface area contributed by atoms with Crippen LogP contribution >= 0.6 is 11.3 Å². The van der Waals surface area contributed by atoms with Crippen LogP contribution in [-0.4, -0.2) is 58.7 Å². The van der Waals surface area contributed by atoms with E-state index in [-0.39, 0.29) is 5.04 Å². The number of morpholine rings is 1. The SMILES string of the molecule is CNc1nc(CO[Si](C)(C)C(C)(C)C)nc2c(-c3ccc(N4CCOCC4)cc3OC)csc12. The molecular weight excluding hydrogens is 464 g/mol. The largest absolute Gasteiger partial charge is 0.496 e. The minimum absolute atomic E-state index is 0.131. The molecule has 184 valence electrons. The van der Waals surface area contributed by atoms with Gasteiger partial charge in [-0.25, -0.2) is 9.97 Å². The molecule has 0 aliphatic carbocycles. The van der Waals surface area contributed by atoms with E-state index in [4.69, 9.17) is 23.9 Å². The van der Waals surface area contributed by atoms with Gasteiger partial charge in [-0.1, -0.05) is 20.8 Å². The number of methoxy groups -OCH3 is 1. The number of hydrogen-bond donors (Lipinski definition) is 1. The van der Waals surface area contributed by atoms with Crippen LogP contribution in [0, 0.1) is 0 Å². The first kappa shape index (κ1) is 24.9. The van der Waals surface area contributed by atoms with Crippen LogP contribution in [0.3, 0.4) is 0 Å². The molecule has 1 aliphatic heterocycles. The summed E-state index contributed by atoms with van der Waals surface area (Å²) in [6.07, 6.45) is 0. The van der Waals surface area contributed by atoms with Crippen molar-refractivity contribution in [2.24, 2.45) is 0 Å². The van der Waals surface area contributed by atoms with Gasteiger partial charge in [0.15, 0.2) is 14.1 Å². The maximum Gasteiger partial charge on any atom is 0.192 e. The van der Waals surface area contributed by atoms with Gasteiger partial charge in [-0.15, -0.1) is 11.3 Å². The molecule has 1 saturated heterocycles. The van der Waals surface area contributed by atoms with Crippen molar-refractivity contribution in [3.8, 4) is 16.9 Å². The second-order valence-electron chi connectivity index (χ2n) is 10.1. The number of nitrogens with zero attached hydrogens (tertiary/aromatic N) is 3. The summed E-state index contributed by atoms with van der Waals surface area (Å²) in [4.78, 5) is 12.1. The maximum atomic E-state index is 6.43. The molecule has 4 rings (SSSR count). The lowest BCUT2D eigenvalue weighted by molar-refractivity contribution is 0.122. The third-order valence-electron chi connectivity index (χ3n) is 6.92. The summed E-state index contributed by atoms with van der Waals surface area (Å²) in [7, 11) is 1.71. The normalized spacial score (nSPS) is 15.1. The number of nitrogens with one attached hydrogen (secondary N) is 1. The molecule has 0 saturated carbocycles. The van der Waals surface area contributed by atoms with E-state index in [1.54, 1.807) is 18.4 Å². The van der Waals surface area contributed by atoms with E-state index in [0.717, 1.165) is 64.9 Å². The van der Waals surface area contributed by atoms with Gasteiger partial charge in [0.1, 0.15) is 11.6 Å². The van der Waals surface area contributed by atoms with Crippen LogP contribution in [0.4, 0.5) is 11.5 Å². The summed E-state index contributed by atoms with van der Waals surface area (Å²) in [6, 6.07) is 6.41. The molecule has 1 N–H and O–H groups in total. The van der Waals surface area contributed by atoms with Crippen molar-refractivity contribution in [1.82, 2.24) is 9.97 Å². The van der Waals surface area contributed by atoms with Crippen LogP contribution in [0.15, 0.2) is 23.6 Å². The molecule has 0 atom stereocenters. The predicted octanol–water partition coefficient (Wildman–Crippen LogP) is 5.77. The number of aromatic nitrogens is 2. The van der Waals surface area contributed by atoms with Gasteiger partial charge >= 0.3 is 0 Å². The Morgan fingerprint density at radius 2 is 1.88 bits per heavy atom. The van der Waals surface area contributed by atoms with Crippen LogP contribution in [0.2, 0.25) is 18.1 Å². The molecule has 34 heavy (non-hydrogen) atoms. The molecule has 1 aliphatic rings. The summed E-state index contributed by atoms with van der Waals surface area (Å²) >= 11 is 1.65. The molecular formula is C25H36N4O3SSi. The van der Waals surface area contributed by atoms with Crippen molar-refractivity contribution in [2.45, 2.75) is 45.5 Å². The van der Waals surface area contributed by atoms with Crippen LogP contribution < -0.4 is 15.0 Å². The van der Waals surface area contributed by atoms with E-state index in [9.17, 15) is 0 Å². The van der Waals surface area contributed by atoms with E-state index in [0.29, 0.717) is 12.4 Å². The zero-order valence-electron chi connectivity index (χ0n) is 21.3. The second kappa shape index (κ2) is 9.81. The van der Waals surface area contributed by atoms with E-state index in [1.807, 2.05) is 7.05 Å². The molecule has 1 aromatic carbocycles. The maximum absolute atomic E-state index is 6.43. The molecule has 3 aromatic rings. The Labute approximate surface area is 207 Å². The standard InChI is InChI=1S/C25H36N4O3SSi/c1-25(2,3)34(6,7)32-15-21-27-22-19(16-33-23(22)24(26-4)28-21)18-9-8-17(14-20(18)30-5)29-10-12-31-13-11-29/h8-9,14,16H,10-13,15H2,1-7H3,(H,26,27,28). The Balaban J connectivity index is 1.71. The summed E-state index contributed by atoms with van der Waals surface area (Å²) in [6.45, 7) is 14.9. The minimum Gasteiger partial charge on any atom is -0.496 e. The van der Waals surface area contributed by atoms with Gasteiger partial charge < -0.3 is 24.1 Å². The third kappa shape index (κ3) is 4.93. The molecule has 1 fully saturated rings. The third-order valence-corrected chi connectivity index (χ3v) is 12.4. The van der Waals surface area contributed by atoms with Crippen LogP contribution in [0.5, 0.6) is 5.75 Å². The van der Waals surface area contributed by atoms with Gasteiger partial charge in [-0.2, -0.15) is 0 Å². The summed E-state index contributed by atoms with van der Waals surface area (Å²) in [5.74, 6) is 2.37. The first-order chi connectivity index (χ1) is 16.1. The molecule has 0 radical (unpaired) electrons. The van der Waals surface area contributed by atoms with Crippen molar-refractivity contribution in [3.63, 3.8) is 0 Å². The van der Waals surface area contributed by atoms with Gasteiger partial charge in [0.05, 0.1) is 37.1 Å². The zero-order chi connectivity index (χ0) is 24.5. The summed E-state index contributed by atoms with van der Waals surface area (Å²) in [5, 5.41) is 5.52.